The topological polar surface area (TPSA) is 91.9 Å². The Morgan fingerprint density at radius 1 is 0.860 bits per heavy atom. The van der Waals surface area contributed by atoms with Crippen molar-refractivity contribution >= 4 is 17.6 Å². The third-order valence-electron chi connectivity index (χ3n) is 8.04. The Bertz CT molecular complexity index is 1250. The van der Waals surface area contributed by atoms with E-state index in [0.717, 1.165) is 45.2 Å². The molecule has 3 amide bonds. The van der Waals surface area contributed by atoms with Crippen LogP contribution < -0.4 is 25.4 Å². The van der Waals surface area contributed by atoms with Crippen LogP contribution in [0.15, 0.2) is 72.8 Å². The van der Waals surface area contributed by atoms with E-state index in [1.807, 2.05) is 12.1 Å². The number of benzene rings is 3. The van der Waals surface area contributed by atoms with Gasteiger partial charge >= 0.3 is 6.03 Å². The lowest BCUT2D eigenvalue weighted by atomic mass is 9.94. The number of carbonyl (C=O) groups is 2. The highest BCUT2D eigenvalue weighted by Gasteiger charge is 2.29. The second kappa shape index (κ2) is 16.6. The van der Waals surface area contributed by atoms with Crippen LogP contribution in [0, 0.1) is 0 Å². The van der Waals surface area contributed by atoms with Crippen molar-refractivity contribution in [1.29, 1.82) is 0 Å². The number of hydrogen-bond acceptors (Lipinski definition) is 5. The number of unbranched alkanes of at least 4 members (excludes halogenated alkanes) is 4. The van der Waals surface area contributed by atoms with E-state index in [4.69, 9.17) is 9.47 Å². The normalized spacial score (nSPS) is 13.9. The Morgan fingerprint density at radius 2 is 1.49 bits per heavy atom. The molecule has 43 heavy (non-hydrogen) atoms. The average molecular weight is 587 g/mol. The Balaban J connectivity index is 1.42. The van der Waals surface area contributed by atoms with Crippen LogP contribution >= 0.6 is 0 Å². The molecular formula is C35H46N4O4. The van der Waals surface area contributed by atoms with E-state index < -0.39 is 0 Å². The summed E-state index contributed by atoms with van der Waals surface area (Å²) in [6.07, 6.45) is 7.14. The van der Waals surface area contributed by atoms with Crippen molar-refractivity contribution in [2.75, 3.05) is 39.2 Å². The maximum Gasteiger partial charge on any atom is 0.319 e. The number of ether oxygens (including phenoxy) is 2. The Hall–Kier alpha value is -4.04. The second-order valence-corrected chi connectivity index (χ2v) is 11.1. The average Bonchev–Trinajstić information content (AvgIpc) is 3.04. The summed E-state index contributed by atoms with van der Waals surface area (Å²) < 4.78 is 11.0. The Morgan fingerprint density at radius 3 is 2.07 bits per heavy atom. The fourth-order valence-electron chi connectivity index (χ4n) is 5.72. The predicted molar refractivity (Wildman–Crippen MR) is 172 cm³/mol. The zero-order valence-electron chi connectivity index (χ0n) is 25.7. The summed E-state index contributed by atoms with van der Waals surface area (Å²) in [7, 11) is 3.05. The minimum atomic E-state index is -0.366. The molecule has 3 aromatic rings. The molecule has 1 aliphatic rings. The number of methoxy groups -OCH3 is 2. The number of nitrogens with zero attached hydrogens (tertiary/aromatic N) is 1. The molecular weight excluding hydrogens is 540 g/mol. The maximum atomic E-state index is 13.7. The minimum Gasteiger partial charge on any atom is -0.497 e. The molecule has 0 atom stereocenters. The van der Waals surface area contributed by atoms with Crippen LogP contribution in [0.2, 0.25) is 0 Å². The third-order valence-corrected chi connectivity index (χ3v) is 8.04. The van der Waals surface area contributed by atoms with Gasteiger partial charge in [-0.25, -0.2) is 4.79 Å². The Labute approximate surface area is 256 Å². The van der Waals surface area contributed by atoms with Gasteiger partial charge in [-0.15, -0.1) is 0 Å². The van der Waals surface area contributed by atoms with Gasteiger partial charge in [-0.1, -0.05) is 93.3 Å². The number of likely N-dealkylation sites (tertiary alicyclic amines) is 1. The van der Waals surface area contributed by atoms with Crippen molar-refractivity contribution in [3.8, 4) is 11.5 Å². The molecule has 1 fully saturated rings. The van der Waals surface area contributed by atoms with Gasteiger partial charge in [0.2, 0.25) is 0 Å². The van der Waals surface area contributed by atoms with Gasteiger partial charge in [0, 0.05) is 31.7 Å². The molecule has 1 heterocycles. The van der Waals surface area contributed by atoms with E-state index >= 15 is 0 Å². The highest BCUT2D eigenvalue weighted by molar-refractivity contribution is 6.05. The van der Waals surface area contributed by atoms with E-state index in [2.05, 4.69) is 76.3 Å². The number of nitrogens with one attached hydrogen (secondary N) is 3. The van der Waals surface area contributed by atoms with Crippen molar-refractivity contribution in [2.45, 2.75) is 64.0 Å². The van der Waals surface area contributed by atoms with Gasteiger partial charge in [0.1, 0.15) is 11.5 Å². The zero-order chi connectivity index (χ0) is 30.4. The highest BCUT2D eigenvalue weighted by Crippen LogP contribution is 2.35. The van der Waals surface area contributed by atoms with E-state index in [9.17, 15) is 9.59 Å². The lowest BCUT2D eigenvalue weighted by Crippen LogP contribution is -2.46. The molecule has 3 N–H and O–H groups in total. The first-order valence-corrected chi connectivity index (χ1v) is 15.5. The maximum absolute atomic E-state index is 13.7. The van der Waals surface area contributed by atoms with Gasteiger partial charge in [0.15, 0.2) is 0 Å². The lowest BCUT2D eigenvalue weighted by molar-refractivity contribution is 0.0900. The van der Waals surface area contributed by atoms with Gasteiger partial charge in [0.05, 0.1) is 31.5 Å². The molecule has 0 bridgehead atoms. The lowest BCUT2D eigenvalue weighted by Gasteiger charge is -2.38. The van der Waals surface area contributed by atoms with Crippen molar-refractivity contribution in [1.82, 2.24) is 15.5 Å². The van der Waals surface area contributed by atoms with Crippen LogP contribution in [0.4, 0.5) is 10.5 Å². The molecule has 1 aliphatic heterocycles. The van der Waals surface area contributed by atoms with Gasteiger partial charge in [-0.05, 0) is 36.5 Å². The summed E-state index contributed by atoms with van der Waals surface area (Å²) in [5.41, 5.74) is 3.15. The minimum absolute atomic E-state index is 0.00191. The van der Waals surface area contributed by atoms with Crippen molar-refractivity contribution in [2.24, 2.45) is 0 Å². The molecule has 230 valence electrons. The van der Waals surface area contributed by atoms with Gasteiger partial charge < -0.3 is 25.4 Å². The number of rotatable bonds is 14. The van der Waals surface area contributed by atoms with Gasteiger partial charge in [-0.3, -0.25) is 9.69 Å². The molecule has 8 nitrogen and oxygen atoms in total. The molecule has 1 saturated heterocycles. The van der Waals surface area contributed by atoms with Gasteiger partial charge in [0.25, 0.3) is 5.91 Å². The quantitative estimate of drug-likeness (QED) is 0.181. The first kappa shape index (κ1) is 31.9. The fraction of sp³-hybridized carbons (Fsp3) is 0.429. The van der Waals surface area contributed by atoms with Crippen LogP contribution in [-0.4, -0.2) is 56.7 Å². The van der Waals surface area contributed by atoms with Crippen molar-refractivity contribution in [3.05, 3.63) is 89.5 Å². The van der Waals surface area contributed by atoms with Crippen molar-refractivity contribution < 1.29 is 19.1 Å². The second-order valence-electron chi connectivity index (χ2n) is 11.1. The summed E-state index contributed by atoms with van der Waals surface area (Å²) in [6.45, 7) is 4.43. The monoisotopic (exact) mass is 586 g/mol. The van der Waals surface area contributed by atoms with E-state index in [0.29, 0.717) is 29.3 Å². The summed E-state index contributed by atoms with van der Waals surface area (Å²) >= 11 is 0. The number of carbonyl (C=O) groups excluding carboxylic acids is 2. The molecule has 0 aliphatic carbocycles. The number of piperidine rings is 1. The van der Waals surface area contributed by atoms with Gasteiger partial charge in [-0.2, -0.15) is 0 Å². The van der Waals surface area contributed by atoms with E-state index in [1.165, 1.54) is 31.1 Å². The van der Waals surface area contributed by atoms with Crippen LogP contribution in [-0.2, 0) is 0 Å². The standard InChI is InChI=1S/C35H46N4O4/c1-4-5-6-7-14-21-36-35(41)38-32-30(24-29(42-2)25-31(32)43-3)34(40)37-28-19-22-39(23-20-28)33(26-15-10-8-11-16-26)27-17-12-9-13-18-27/h8-13,15-18,24-25,28,33H,4-7,14,19-23H2,1-3H3,(H,37,40)(H2,36,38,41). The summed E-state index contributed by atoms with van der Waals surface area (Å²) in [5, 5.41) is 8.98. The molecule has 0 aromatic heterocycles. The molecule has 3 aromatic carbocycles. The first-order chi connectivity index (χ1) is 21.0. The van der Waals surface area contributed by atoms with Crippen LogP contribution in [0.25, 0.3) is 0 Å². The number of hydrogen-bond donors (Lipinski definition) is 3. The molecule has 8 heteroatoms. The van der Waals surface area contributed by atoms with Crippen LogP contribution in [0.3, 0.4) is 0 Å². The summed E-state index contributed by atoms with van der Waals surface area (Å²) in [6, 6.07) is 24.2. The summed E-state index contributed by atoms with van der Waals surface area (Å²) in [5.74, 6) is 0.575. The number of anilines is 1. The predicted octanol–water partition coefficient (Wildman–Crippen LogP) is 6.78. The number of urea groups is 1. The molecule has 0 saturated carbocycles. The third kappa shape index (κ3) is 8.97. The number of amides is 3. The van der Waals surface area contributed by atoms with E-state index in [1.54, 1.807) is 19.2 Å². The zero-order valence-corrected chi connectivity index (χ0v) is 25.7. The molecule has 0 radical (unpaired) electrons. The van der Waals surface area contributed by atoms with Crippen LogP contribution in [0.1, 0.15) is 79.4 Å². The molecule has 4 rings (SSSR count). The largest absolute Gasteiger partial charge is 0.497 e. The first-order valence-electron chi connectivity index (χ1n) is 15.5. The summed E-state index contributed by atoms with van der Waals surface area (Å²) in [4.78, 5) is 28.9. The molecule has 0 spiro atoms. The van der Waals surface area contributed by atoms with Crippen molar-refractivity contribution in [3.63, 3.8) is 0 Å². The SMILES string of the molecule is CCCCCCCNC(=O)Nc1c(OC)cc(OC)cc1C(=O)NC1CCN(C(c2ccccc2)c2ccccc2)CC1. The smallest absolute Gasteiger partial charge is 0.319 e. The fourth-order valence-corrected chi connectivity index (χ4v) is 5.72. The highest BCUT2D eigenvalue weighted by atomic mass is 16.5. The Kier molecular flexibility index (Phi) is 12.3. The van der Waals surface area contributed by atoms with E-state index in [-0.39, 0.29) is 24.0 Å². The van der Waals surface area contributed by atoms with Crippen LogP contribution in [0.5, 0.6) is 11.5 Å². The molecule has 0 unspecified atom stereocenters.